The molecule has 0 spiro atoms. The molecule has 0 unspecified atom stereocenters. The van der Waals surface area contributed by atoms with Gasteiger partial charge in [0, 0.05) is 23.3 Å². The Morgan fingerprint density at radius 1 is 1.08 bits per heavy atom. The Morgan fingerprint density at radius 3 is 2.76 bits per heavy atom. The topological polar surface area (TPSA) is 68.0 Å². The average molecular weight is 329 g/mol. The van der Waals surface area contributed by atoms with E-state index in [2.05, 4.69) is 9.97 Å². The molecular weight excluding hydrogens is 314 g/mol. The van der Waals surface area contributed by atoms with Crippen LogP contribution in [0.2, 0.25) is 0 Å². The summed E-state index contributed by atoms with van der Waals surface area (Å²) in [6.07, 6.45) is 3.69. The standard InChI is InChI=1S/C20H15N3O2/c1-13-7-9-21-17(11-13)15-6-5-14-8-10-23(18(14)12-15)19-4-2-3-16(22-19)20(24)25/h2-12H,1H3,(H,24,25). The average Bonchev–Trinajstić information content (AvgIpc) is 3.05. The molecule has 5 nitrogen and oxygen atoms in total. The number of rotatable bonds is 3. The van der Waals surface area contributed by atoms with Gasteiger partial charge in [-0.2, -0.15) is 0 Å². The first-order valence-electron chi connectivity index (χ1n) is 7.87. The highest BCUT2D eigenvalue weighted by Crippen LogP contribution is 2.26. The molecule has 0 atom stereocenters. The number of aryl methyl sites for hydroxylation is 1. The van der Waals surface area contributed by atoms with Crippen molar-refractivity contribution in [1.82, 2.24) is 14.5 Å². The SMILES string of the molecule is Cc1ccnc(-c2ccc3ccn(-c4cccc(C(=O)O)n4)c3c2)c1. The zero-order chi connectivity index (χ0) is 17.4. The van der Waals surface area contributed by atoms with Gasteiger partial charge < -0.3 is 9.67 Å². The monoisotopic (exact) mass is 329 g/mol. The van der Waals surface area contributed by atoms with Crippen LogP contribution in [0.25, 0.3) is 28.0 Å². The van der Waals surface area contributed by atoms with Gasteiger partial charge in [-0.1, -0.05) is 18.2 Å². The van der Waals surface area contributed by atoms with Crippen molar-refractivity contribution in [3.8, 4) is 17.1 Å². The summed E-state index contributed by atoms with van der Waals surface area (Å²) in [5.74, 6) is -0.466. The third kappa shape index (κ3) is 2.76. The molecule has 0 aliphatic heterocycles. The summed E-state index contributed by atoms with van der Waals surface area (Å²) in [5, 5.41) is 10.2. The van der Waals surface area contributed by atoms with Gasteiger partial charge in [0.15, 0.2) is 5.69 Å². The molecule has 25 heavy (non-hydrogen) atoms. The number of carboxylic acids is 1. The number of aromatic carboxylic acids is 1. The van der Waals surface area contributed by atoms with E-state index in [4.69, 9.17) is 5.11 Å². The summed E-state index contributed by atoms with van der Waals surface area (Å²) < 4.78 is 1.89. The van der Waals surface area contributed by atoms with Crippen LogP contribution in [-0.2, 0) is 0 Å². The second kappa shape index (κ2) is 5.87. The number of carbonyl (C=O) groups is 1. The minimum Gasteiger partial charge on any atom is -0.477 e. The van der Waals surface area contributed by atoms with Gasteiger partial charge in [-0.3, -0.25) is 4.98 Å². The number of hydrogen-bond acceptors (Lipinski definition) is 3. The summed E-state index contributed by atoms with van der Waals surface area (Å²) >= 11 is 0. The third-order valence-corrected chi connectivity index (χ3v) is 4.10. The highest BCUT2D eigenvalue weighted by Gasteiger charge is 2.10. The van der Waals surface area contributed by atoms with E-state index < -0.39 is 5.97 Å². The fourth-order valence-corrected chi connectivity index (χ4v) is 2.86. The van der Waals surface area contributed by atoms with Crippen molar-refractivity contribution in [2.24, 2.45) is 0 Å². The Labute approximate surface area is 144 Å². The molecule has 122 valence electrons. The van der Waals surface area contributed by atoms with Crippen LogP contribution < -0.4 is 0 Å². The fraction of sp³-hybridized carbons (Fsp3) is 0.0500. The molecule has 0 aliphatic rings. The molecule has 5 heteroatoms. The number of fused-ring (bicyclic) bond motifs is 1. The van der Waals surface area contributed by atoms with Crippen LogP contribution in [0.3, 0.4) is 0 Å². The summed E-state index contributed by atoms with van der Waals surface area (Å²) in [6, 6.07) is 17.1. The van der Waals surface area contributed by atoms with E-state index in [1.54, 1.807) is 18.3 Å². The van der Waals surface area contributed by atoms with E-state index in [0.29, 0.717) is 5.82 Å². The van der Waals surface area contributed by atoms with Crippen molar-refractivity contribution in [1.29, 1.82) is 0 Å². The molecule has 0 saturated heterocycles. The number of aromatic nitrogens is 3. The van der Waals surface area contributed by atoms with E-state index >= 15 is 0 Å². The van der Waals surface area contributed by atoms with Gasteiger partial charge in [-0.15, -0.1) is 0 Å². The van der Waals surface area contributed by atoms with E-state index in [9.17, 15) is 4.79 Å². The van der Waals surface area contributed by atoms with E-state index in [0.717, 1.165) is 27.7 Å². The second-order valence-electron chi connectivity index (χ2n) is 5.86. The molecule has 0 bridgehead atoms. The first kappa shape index (κ1) is 15.1. The molecule has 4 aromatic rings. The van der Waals surface area contributed by atoms with Crippen molar-refractivity contribution >= 4 is 16.9 Å². The zero-order valence-corrected chi connectivity index (χ0v) is 13.5. The van der Waals surface area contributed by atoms with Crippen LogP contribution in [0.4, 0.5) is 0 Å². The summed E-state index contributed by atoms with van der Waals surface area (Å²) in [6.45, 7) is 2.04. The maximum atomic E-state index is 11.2. The summed E-state index contributed by atoms with van der Waals surface area (Å²) in [5.41, 5.74) is 4.04. The number of pyridine rings is 2. The predicted molar refractivity (Wildman–Crippen MR) is 96.0 cm³/mol. The van der Waals surface area contributed by atoms with Gasteiger partial charge in [-0.25, -0.2) is 9.78 Å². The molecule has 0 amide bonds. The molecule has 0 fully saturated rings. The largest absolute Gasteiger partial charge is 0.477 e. The van der Waals surface area contributed by atoms with Crippen molar-refractivity contribution in [3.05, 3.63) is 78.2 Å². The fourth-order valence-electron chi connectivity index (χ4n) is 2.86. The zero-order valence-electron chi connectivity index (χ0n) is 13.5. The lowest BCUT2D eigenvalue weighted by atomic mass is 10.1. The predicted octanol–water partition coefficient (Wildman–Crippen LogP) is 4.09. The molecule has 3 aromatic heterocycles. The third-order valence-electron chi connectivity index (χ3n) is 4.10. The number of carboxylic acid groups (broad SMARTS) is 1. The van der Waals surface area contributed by atoms with Crippen molar-refractivity contribution in [2.75, 3.05) is 0 Å². The second-order valence-corrected chi connectivity index (χ2v) is 5.86. The molecule has 1 N–H and O–H groups in total. The Balaban J connectivity index is 1.87. The van der Waals surface area contributed by atoms with Crippen LogP contribution in [-0.4, -0.2) is 25.6 Å². The number of hydrogen-bond donors (Lipinski definition) is 1. The Morgan fingerprint density at radius 2 is 1.96 bits per heavy atom. The Kier molecular flexibility index (Phi) is 3.54. The van der Waals surface area contributed by atoms with Crippen LogP contribution in [0.1, 0.15) is 16.1 Å². The van der Waals surface area contributed by atoms with Crippen molar-refractivity contribution in [2.45, 2.75) is 6.92 Å². The molecule has 0 aliphatic carbocycles. The molecule has 0 radical (unpaired) electrons. The van der Waals surface area contributed by atoms with E-state index in [1.165, 1.54) is 6.07 Å². The summed E-state index contributed by atoms with van der Waals surface area (Å²) in [7, 11) is 0. The molecular formula is C20H15N3O2. The smallest absolute Gasteiger partial charge is 0.354 e. The number of nitrogens with zero attached hydrogens (tertiary/aromatic N) is 3. The van der Waals surface area contributed by atoms with Crippen molar-refractivity contribution < 1.29 is 9.90 Å². The van der Waals surface area contributed by atoms with Gasteiger partial charge in [0.1, 0.15) is 5.82 Å². The van der Waals surface area contributed by atoms with E-state index in [-0.39, 0.29) is 5.69 Å². The quantitative estimate of drug-likeness (QED) is 0.614. The van der Waals surface area contributed by atoms with Crippen LogP contribution in [0, 0.1) is 6.92 Å². The Hall–Kier alpha value is -3.47. The van der Waals surface area contributed by atoms with Gasteiger partial charge in [-0.05, 0) is 48.9 Å². The van der Waals surface area contributed by atoms with Gasteiger partial charge in [0.2, 0.25) is 0 Å². The molecule has 0 saturated carbocycles. The lowest BCUT2D eigenvalue weighted by molar-refractivity contribution is 0.0690. The van der Waals surface area contributed by atoms with Gasteiger partial charge in [0.25, 0.3) is 0 Å². The van der Waals surface area contributed by atoms with E-state index in [1.807, 2.05) is 54.1 Å². The van der Waals surface area contributed by atoms with Gasteiger partial charge >= 0.3 is 5.97 Å². The minimum atomic E-state index is -1.04. The normalized spacial score (nSPS) is 10.9. The minimum absolute atomic E-state index is 0.0239. The Bertz CT molecular complexity index is 1100. The van der Waals surface area contributed by atoms with Crippen LogP contribution in [0.5, 0.6) is 0 Å². The maximum absolute atomic E-state index is 11.2. The van der Waals surface area contributed by atoms with Crippen LogP contribution >= 0.6 is 0 Å². The maximum Gasteiger partial charge on any atom is 0.354 e. The summed E-state index contributed by atoms with van der Waals surface area (Å²) in [4.78, 5) is 19.8. The number of benzene rings is 1. The highest BCUT2D eigenvalue weighted by atomic mass is 16.4. The molecule has 3 heterocycles. The van der Waals surface area contributed by atoms with Gasteiger partial charge in [0.05, 0.1) is 11.2 Å². The molecule has 4 rings (SSSR count). The first-order chi connectivity index (χ1) is 12.1. The van der Waals surface area contributed by atoms with Crippen molar-refractivity contribution in [3.63, 3.8) is 0 Å². The van der Waals surface area contributed by atoms with Crippen LogP contribution in [0.15, 0.2) is 67.0 Å². The molecule has 1 aromatic carbocycles. The lowest BCUT2D eigenvalue weighted by Gasteiger charge is -2.07. The first-order valence-corrected chi connectivity index (χ1v) is 7.87. The lowest BCUT2D eigenvalue weighted by Crippen LogP contribution is -2.04. The highest BCUT2D eigenvalue weighted by molar-refractivity contribution is 5.87.